The van der Waals surface area contributed by atoms with Crippen molar-refractivity contribution in [2.75, 3.05) is 26.7 Å². The Hall–Kier alpha value is -1.32. The van der Waals surface area contributed by atoms with E-state index in [9.17, 15) is 0 Å². The molecule has 1 atom stereocenters. The number of piperidine rings is 1. The van der Waals surface area contributed by atoms with Crippen molar-refractivity contribution in [3.8, 4) is 5.88 Å². The van der Waals surface area contributed by atoms with Gasteiger partial charge >= 0.3 is 0 Å². The standard InChI is InChI=1S/C23H33ClN2O/c1-17-7-8-20(14-18(17)2)21-15-23(25-16-22(21)24)27-13-5-4-6-19-9-11-26(3)12-10-19/h7,14-16,19-20H,4-6,8-13H2,1-3H3. The molecule has 1 fully saturated rings. The average molecular weight is 389 g/mol. The maximum absolute atomic E-state index is 6.42. The Morgan fingerprint density at radius 1 is 1.19 bits per heavy atom. The van der Waals surface area contributed by atoms with E-state index in [-0.39, 0.29) is 0 Å². The van der Waals surface area contributed by atoms with Gasteiger partial charge in [0.15, 0.2) is 0 Å². The maximum Gasteiger partial charge on any atom is 0.213 e. The number of aromatic nitrogens is 1. The van der Waals surface area contributed by atoms with Crippen molar-refractivity contribution in [2.45, 2.75) is 58.3 Å². The van der Waals surface area contributed by atoms with Gasteiger partial charge in [-0.2, -0.15) is 0 Å². The third-order valence-electron chi connectivity index (χ3n) is 6.11. The molecule has 3 nitrogen and oxygen atoms in total. The predicted molar refractivity (Wildman–Crippen MR) is 114 cm³/mol. The van der Waals surface area contributed by atoms with E-state index in [2.05, 4.69) is 42.9 Å². The topological polar surface area (TPSA) is 25.4 Å². The van der Waals surface area contributed by atoms with Gasteiger partial charge in [-0.1, -0.05) is 41.3 Å². The van der Waals surface area contributed by atoms with Gasteiger partial charge in [0.25, 0.3) is 0 Å². The van der Waals surface area contributed by atoms with Gasteiger partial charge in [-0.25, -0.2) is 4.98 Å². The molecule has 0 aromatic carbocycles. The van der Waals surface area contributed by atoms with E-state index >= 15 is 0 Å². The third kappa shape index (κ3) is 5.83. The smallest absolute Gasteiger partial charge is 0.213 e. The molecule has 27 heavy (non-hydrogen) atoms. The first kappa shape index (κ1) is 20.4. The van der Waals surface area contributed by atoms with Crippen molar-refractivity contribution < 1.29 is 4.74 Å². The molecule has 1 aromatic heterocycles. The fourth-order valence-electron chi connectivity index (χ4n) is 4.04. The molecule has 2 heterocycles. The SMILES string of the molecule is CC1=CCC(c2cc(OCCCCC3CCN(C)CC3)ncc2Cl)C=C1C. The highest BCUT2D eigenvalue weighted by molar-refractivity contribution is 6.31. The van der Waals surface area contributed by atoms with Gasteiger partial charge in [0, 0.05) is 18.2 Å². The van der Waals surface area contributed by atoms with E-state index in [0.717, 1.165) is 36.0 Å². The largest absolute Gasteiger partial charge is 0.478 e. The van der Waals surface area contributed by atoms with E-state index in [1.165, 1.54) is 49.9 Å². The van der Waals surface area contributed by atoms with Crippen molar-refractivity contribution in [1.82, 2.24) is 9.88 Å². The first-order valence-corrected chi connectivity index (χ1v) is 10.7. The maximum atomic E-state index is 6.42. The second kappa shape index (κ2) is 9.75. The predicted octanol–water partition coefficient (Wildman–Crippen LogP) is 6.01. The fourth-order valence-corrected chi connectivity index (χ4v) is 4.29. The normalized spacial score (nSPS) is 21.7. The quantitative estimate of drug-likeness (QED) is 0.535. The molecule has 2 aliphatic rings. The lowest BCUT2D eigenvalue weighted by Gasteiger charge is -2.28. The molecule has 0 N–H and O–H groups in total. The highest BCUT2D eigenvalue weighted by Gasteiger charge is 2.18. The number of hydrogen-bond donors (Lipinski definition) is 0. The van der Waals surface area contributed by atoms with Gasteiger partial charge in [-0.3, -0.25) is 0 Å². The summed E-state index contributed by atoms with van der Waals surface area (Å²) in [6.45, 7) is 7.56. The minimum Gasteiger partial charge on any atom is -0.478 e. The molecule has 0 bridgehead atoms. The number of rotatable bonds is 7. The zero-order valence-corrected chi connectivity index (χ0v) is 17.8. The summed E-state index contributed by atoms with van der Waals surface area (Å²) in [5.74, 6) is 1.92. The van der Waals surface area contributed by atoms with E-state index < -0.39 is 0 Å². The van der Waals surface area contributed by atoms with Crippen LogP contribution in [0.5, 0.6) is 5.88 Å². The fraction of sp³-hybridized carbons (Fsp3) is 0.609. The lowest BCUT2D eigenvalue weighted by molar-refractivity contribution is 0.205. The van der Waals surface area contributed by atoms with Gasteiger partial charge in [0.1, 0.15) is 0 Å². The molecule has 1 unspecified atom stereocenters. The molecule has 148 valence electrons. The zero-order valence-electron chi connectivity index (χ0n) is 17.0. The lowest BCUT2D eigenvalue weighted by atomic mass is 9.87. The second-order valence-corrected chi connectivity index (χ2v) is 8.62. The Labute approximate surface area is 169 Å². The van der Waals surface area contributed by atoms with Crippen molar-refractivity contribution in [2.24, 2.45) is 5.92 Å². The van der Waals surface area contributed by atoms with E-state index in [1.807, 2.05) is 6.07 Å². The van der Waals surface area contributed by atoms with Gasteiger partial charge < -0.3 is 9.64 Å². The number of nitrogens with zero attached hydrogens (tertiary/aromatic N) is 2. The number of likely N-dealkylation sites (tertiary alicyclic amines) is 1. The van der Waals surface area contributed by atoms with E-state index in [0.29, 0.717) is 11.8 Å². The third-order valence-corrected chi connectivity index (χ3v) is 6.42. The molecule has 1 aliphatic carbocycles. The molecule has 0 radical (unpaired) electrons. The molecule has 0 spiro atoms. The minimum atomic E-state index is 0.316. The molecule has 4 heteroatoms. The lowest BCUT2D eigenvalue weighted by Crippen LogP contribution is -2.30. The number of hydrogen-bond acceptors (Lipinski definition) is 3. The first-order chi connectivity index (χ1) is 13.0. The highest BCUT2D eigenvalue weighted by Crippen LogP contribution is 2.35. The average Bonchev–Trinajstić information content (AvgIpc) is 2.66. The number of ether oxygens (including phenoxy) is 1. The Bertz CT molecular complexity index is 690. The van der Waals surface area contributed by atoms with Gasteiger partial charge in [0.2, 0.25) is 5.88 Å². The second-order valence-electron chi connectivity index (χ2n) is 8.21. The van der Waals surface area contributed by atoms with Crippen LogP contribution in [-0.4, -0.2) is 36.6 Å². The van der Waals surface area contributed by atoms with Crippen molar-refractivity contribution in [1.29, 1.82) is 0 Å². The Morgan fingerprint density at radius 2 is 1.96 bits per heavy atom. The molecular formula is C23H33ClN2O. The van der Waals surface area contributed by atoms with Crippen LogP contribution in [0.3, 0.4) is 0 Å². The van der Waals surface area contributed by atoms with Crippen molar-refractivity contribution in [3.05, 3.63) is 46.1 Å². The van der Waals surface area contributed by atoms with E-state index in [4.69, 9.17) is 16.3 Å². The summed E-state index contributed by atoms with van der Waals surface area (Å²) in [5, 5.41) is 0.728. The van der Waals surface area contributed by atoms with Crippen LogP contribution in [0.15, 0.2) is 35.6 Å². The van der Waals surface area contributed by atoms with E-state index in [1.54, 1.807) is 6.20 Å². The molecule has 3 rings (SSSR count). The highest BCUT2D eigenvalue weighted by atomic mass is 35.5. The zero-order chi connectivity index (χ0) is 19.2. The monoisotopic (exact) mass is 388 g/mol. The van der Waals surface area contributed by atoms with Crippen LogP contribution in [0.4, 0.5) is 0 Å². The number of halogens is 1. The molecule has 0 saturated carbocycles. The molecule has 1 saturated heterocycles. The molecular weight excluding hydrogens is 356 g/mol. The van der Waals surface area contributed by atoms with Crippen molar-refractivity contribution >= 4 is 11.6 Å². The summed E-state index contributed by atoms with van der Waals surface area (Å²) in [4.78, 5) is 6.80. The van der Waals surface area contributed by atoms with Gasteiger partial charge in [-0.05, 0) is 77.6 Å². The summed E-state index contributed by atoms with van der Waals surface area (Å²) in [7, 11) is 2.22. The van der Waals surface area contributed by atoms with Crippen LogP contribution in [0.1, 0.15) is 63.9 Å². The Kier molecular flexibility index (Phi) is 7.37. The minimum absolute atomic E-state index is 0.316. The summed E-state index contributed by atoms with van der Waals surface area (Å²) < 4.78 is 5.93. The van der Waals surface area contributed by atoms with Gasteiger partial charge in [-0.15, -0.1) is 0 Å². The first-order valence-electron chi connectivity index (χ1n) is 10.3. The van der Waals surface area contributed by atoms with Crippen LogP contribution in [0.25, 0.3) is 0 Å². The summed E-state index contributed by atoms with van der Waals surface area (Å²) in [6, 6.07) is 2.03. The number of pyridine rings is 1. The van der Waals surface area contributed by atoms with Crippen LogP contribution < -0.4 is 4.74 Å². The van der Waals surface area contributed by atoms with Crippen LogP contribution in [0.2, 0.25) is 5.02 Å². The van der Waals surface area contributed by atoms with Crippen molar-refractivity contribution in [3.63, 3.8) is 0 Å². The number of allylic oxidation sites excluding steroid dienone is 4. The van der Waals surface area contributed by atoms with Crippen LogP contribution in [0, 0.1) is 5.92 Å². The molecule has 0 amide bonds. The van der Waals surface area contributed by atoms with Crippen LogP contribution in [-0.2, 0) is 0 Å². The van der Waals surface area contributed by atoms with Gasteiger partial charge in [0.05, 0.1) is 11.6 Å². The number of unbranched alkanes of at least 4 members (excludes halogenated alkanes) is 1. The Balaban J connectivity index is 1.46. The summed E-state index contributed by atoms with van der Waals surface area (Å²) in [6.07, 6.45) is 13.7. The summed E-state index contributed by atoms with van der Waals surface area (Å²) >= 11 is 6.42. The molecule has 1 aromatic rings. The summed E-state index contributed by atoms with van der Waals surface area (Å²) in [5.41, 5.74) is 3.81. The molecule has 1 aliphatic heterocycles. The van der Waals surface area contributed by atoms with Crippen LogP contribution >= 0.6 is 11.6 Å². The Morgan fingerprint density at radius 3 is 2.70 bits per heavy atom.